The molecular formula is C29H21NO8. The SMILES string of the molecule is Cc1cc(OCC(=O)O)ccc1-c1c2ccc(=O)cc-2oc2cc(OCc3ccccc3[N+](=O)[O-])ccc12. The Morgan fingerprint density at radius 2 is 1.68 bits per heavy atom. The van der Waals surface area contributed by atoms with Crippen molar-refractivity contribution in [2.24, 2.45) is 0 Å². The van der Waals surface area contributed by atoms with E-state index in [2.05, 4.69) is 0 Å². The lowest BCUT2D eigenvalue weighted by molar-refractivity contribution is -0.385. The Balaban J connectivity index is 1.58. The van der Waals surface area contributed by atoms with E-state index in [1.807, 2.05) is 19.1 Å². The van der Waals surface area contributed by atoms with Crippen LogP contribution in [0, 0.1) is 17.0 Å². The van der Waals surface area contributed by atoms with Crippen LogP contribution in [0.2, 0.25) is 0 Å². The van der Waals surface area contributed by atoms with Gasteiger partial charge in [0.1, 0.15) is 29.4 Å². The van der Waals surface area contributed by atoms with Crippen LogP contribution >= 0.6 is 0 Å². The van der Waals surface area contributed by atoms with E-state index in [1.54, 1.807) is 48.5 Å². The van der Waals surface area contributed by atoms with Crippen molar-refractivity contribution in [1.82, 2.24) is 0 Å². The number of aryl methyl sites for hydroxylation is 1. The van der Waals surface area contributed by atoms with Crippen LogP contribution in [0.15, 0.2) is 88.1 Å². The second-order valence-electron chi connectivity index (χ2n) is 8.63. The first-order valence-electron chi connectivity index (χ1n) is 11.6. The zero-order valence-electron chi connectivity index (χ0n) is 20.2. The van der Waals surface area contributed by atoms with Crippen LogP contribution in [-0.4, -0.2) is 22.6 Å². The van der Waals surface area contributed by atoms with Crippen LogP contribution in [0.25, 0.3) is 33.4 Å². The van der Waals surface area contributed by atoms with Crippen LogP contribution in [0.4, 0.5) is 5.69 Å². The molecule has 2 aliphatic rings. The number of benzene rings is 4. The molecule has 0 amide bonds. The summed E-state index contributed by atoms with van der Waals surface area (Å²) in [4.78, 5) is 33.9. The van der Waals surface area contributed by atoms with Gasteiger partial charge in [-0.1, -0.05) is 18.2 Å². The highest BCUT2D eigenvalue weighted by molar-refractivity contribution is 6.02. The molecule has 3 aromatic rings. The molecule has 1 heterocycles. The number of aliphatic carboxylic acids is 1. The molecule has 0 radical (unpaired) electrons. The molecule has 190 valence electrons. The van der Waals surface area contributed by atoms with Crippen molar-refractivity contribution >= 4 is 22.6 Å². The molecule has 38 heavy (non-hydrogen) atoms. The maximum atomic E-state index is 12.1. The van der Waals surface area contributed by atoms with Gasteiger partial charge in [0.2, 0.25) is 0 Å². The molecule has 0 atom stereocenters. The molecule has 0 bridgehead atoms. The number of ether oxygens (including phenoxy) is 2. The van der Waals surface area contributed by atoms with Crippen molar-refractivity contribution in [3.63, 3.8) is 0 Å². The quantitative estimate of drug-likeness (QED) is 0.157. The highest BCUT2D eigenvalue weighted by Crippen LogP contribution is 2.42. The maximum Gasteiger partial charge on any atom is 0.341 e. The van der Waals surface area contributed by atoms with E-state index in [-0.39, 0.29) is 17.7 Å². The first kappa shape index (κ1) is 24.5. The van der Waals surface area contributed by atoms with Gasteiger partial charge < -0.3 is 19.0 Å². The van der Waals surface area contributed by atoms with Crippen molar-refractivity contribution < 1.29 is 28.7 Å². The summed E-state index contributed by atoms with van der Waals surface area (Å²) in [6, 6.07) is 21.5. The fourth-order valence-electron chi connectivity index (χ4n) is 4.35. The van der Waals surface area contributed by atoms with Gasteiger partial charge in [-0.15, -0.1) is 0 Å². The fourth-order valence-corrected chi connectivity index (χ4v) is 4.35. The van der Waals surface area contributed by atoms with Crippen molar-refractivity contribution in [2.45, 2.75) is 13.5 Å². The smallest absolute Gasteiger partial charge is 0.341 e. The Hall–Kier alpha value is -5.18. The Kier molecular flexibility index (Phi) is 6.49. The van der Waals surface area contributed by atoms with Gasteiger partial charge in [0.05, 0.1) is 10.5 Å². The topological polar surface area (TPSA) is 129 Å². The molecule has 0 saturated carbocycles. The lowest BCUT2D eigenvalue weighted by atomic mass is 9.91. The zero-order chi connectivity index (χ0) is 26.8. The number of nitro groups is 1. The Morgan fingerprint density at radius 1 is 0.947 bits per heavy atom. The first-order chi connectivity index (χ1) is 18.3. The minimum atomic E-state index is -1.07. The van der Waals surface area contributed by atoms with Gasteiger partial charge in [-0.05, 0) is 60.5 Å². The van der Waals surface area contributed by atoms with E-state index >= 15 is 0 Å². The molecule has 1 aliphatic carbocycles. The average Bonchev–Trinajstić information content (AvgIpc) is 2.89. The maximum absolute atomic E-state index is 12.1. The van der Waals surface area contributed by atoms with Crippen LogP contribution in [-0.2, 0) is 11.4 Å². The number of nitrogens with zero attached hydrogens (tertiary/aromatic N) is 1. The van der Waals surface area contributed by atoms with Crippen molar-refractivity contribution in [2.75, 3.05) is 6.61 Å². The molecule has 0 aromatic heterocycles. The van der Waals surface area contributed by atoms with E-state index in [0.29, 0.717) is 28.4 Å². The normalized spacial score (nSPS) is 11.0. The van der Waals surface area contributed by atoms with Crippen molar-refractivity contribution in [3.8, 4) is 33.9 Å². The highest BCUT2D eigenvalue weighted by Gasteiger charge is 2.20. The van der Waals surface area contributed by atoms with Crippen LogP contribution in [0.1, 0.15) is 11.1 Å². The minimum absolute atomic E-state index is 0.00921. The summed E-state index contributed by atoms with van der Waals surface area (Å²) in [6.45, 7) is 1.43. The molecule has 1 N–H and O–H groups in total. The lowest BCUT2D eigenvalue weighted by Crippen LogP contribution is -2.09. The van der Waals surface area contributed by atoms with E-state index in [4.69, 9.17) is 19.0 Å². The van der Waals surface area contributed by atoms with Crippen LogP contribution < -0.4 is 14.9 Å². The second-order valence-corrected chi connectivity index (χ2v) is 8.63. The van der Waals surface area contributed by atoms with Gasteiger partial charge in [0, 0.05) is 34.7 Å². The summed E-state index contributed by atoms with van der Waals surface area (Å²) in [5, 5.41) is 21.0. The largest absolute Gasteiger partial charge is 0.489 e. The molecule has 0 saturated heterocycles. The number of carboxylic acid groups (broad SMARTS) is 1. The predicted molar refractivity (Wildman–Crippen MR) is 140 cm³/mol. The van der Waals surface area contributed by atoms with Crippen molar-refractivity contribution in [1.29, 1.82) is 0 Å². The van der Waals surface area contributed by atoms with Gasteiger partial charge in [0.25, 0.3) is 5.69 Å². The Labute approximate surface area is 216 Å². The van der Waals surface area contributed by atoms with E-state index < -0.39 is 17.5 Å². The lowest BCUT2D eigenvalue weighted by Gasteiger charge is -2.18. The summed E-state index contributed by atoms with van der Waals surface area (Å²) in [5.74, 6) is 0.190. The molecule has 0 unspecified atom stereocenters. The molecular weight excluding hydrogens is 490 g/mol. The minimum Gasteiger partial charge on any atom is -0.489 e. The molecule has 1 aliphatic heterocycles. The third kappa shape index (κ3) is 4.90. The standard InChI is InChI=1S/C29H21NO8/c1-17-12-20(37-16-28(32)33)7-10-22(17)29-23-9-6-19(31)13-26(23)38-27-14-21(8-11-24(27)29)36-15-18-4-2-3-5-25(18)30(34)35/h2-14H,15-16H2,1H3,(H,32,33). The average molecular weight is 511 g/mol. The predicted octanol–water partition coefficient (Wildman–Crippen LogP) is 5.82. The van der Waals surface area contributed by atoms with E-state index in [0.717, 1.165) is 27.6 Å². The van der Waals surface area contributed by atoms with Gasteiger partial charge in [-0.2, -0.15) is 0 Å². The monoisotopic (exact) mass is 511 g/mol. The summed E-state index contributed by atoms with van der Waals surface area (Å²) in [5.41, 5.74) is 3.91. The third-order valence-electron chi connectivity index (χ3n) is 6.08. The Bertz CT molecular complexity index is 1720. The summed E-state index contributed by atoms with van der Waals surface area (Å²) in [7, 11) is 0. The van der Waals surface area contributed by atoms with Crippen LogP contribution in [0.5, 0.6) is 11.5 Å². The highest BCUT2D eigenvalue weighted by atomic mass is 16.6. The molecule has 0 spiro atoms. The number of para-hydroxylation sites is 1. The Morgan fingerprint density at radius 3 is 2.45 bits per heavy atom. The summed E-state index contributed by atoms with van der Waals surface area (Å²) >= 11 is 0. The van der Waals surface area contributed by atoms with Gasteiger partial charge in [-0.25, -0.2) is 4.79 Å². The first-order valence-corrected chi connectivity index (χ1v) is 11.6. The number of rotatable bonds is 8. The fraction of sp³-hybridized carbons (Fsp3) is 0.103. The third-order valence-corrected chi connectivity index (χ3v) is 6.08. The van der Waals surface area contributed by atoms with E-state index in [1.165, 1.54) is 18.2 Å². The molecule has 5 rings (SSSR count). The van der Waals surface area contributed by atoms with Gasteiger partial charge >= 0.3 is 5.97 Å². The van der Waals surface area contributed by atoms with E-state index in [9.17, 15) is 19.7 Å². The molecule has 3 aromatic carbocycles. The van der Waals surface area contributed by atoms with Crippen LogP contribution in [0.3, 0.4) is 0 Å². The molecule has 9 nitrogen and oxygen atoms in total. The molecule has 0 fully saturated rings. The molecule has 9 heteroatoms. The number of hydrogen-bond acceptors (Lipinski definition) is 7. The second kappa shape index (κ2) is 10.1. The number of fused-ring (bicyclic) bond motifs is 2. The summed E-state index contributed by atoms with van der Waals surface area (Å²) in [6.07, 6.45) is 0. The van der Waals surface area contributed by atoms with Gasteiger partial charge in [-0.3, -0.25) is 14.9 Å². The summed E-state index contributed by atoms with van der Waals surface area (Å²) < 4.78 is 17.3. The van der Waals surface area contributed by atoms with Gasteiger partial charge in [0.15, 0.2) is 12.0 Å². The number of carboxylic acids is 1. The van der Waals surface area contributed by atoms with Crippen molar-refractivity contribution in [3.05, 3.63) is 110 Å². The number of hydrogen-bond donors (Lipinski definition) is 1. The number of nitro benzene ring substituents is 1. The number of carbonyl (C=O) groups is 1. The zero-order valence-corrected chi connectivity index (χ0v) is 20.2.